The largest absolute Gasteiger partial charge is 0.268 e. The van der Waals surface area contributed by atoms with Crippen molar-refractivity contribution in [3.05, 3.63) is 59.7 Å². The fourth-order valence-corrected chi connectivity index (χ4v) is 2.15. The fourth-order valence-electron chi connectivity index (χ4n) is 2.15. The monoisotopic (exact) mass is 264 g/mol. The quantitative estimate of drug-likeness (QED) is 0.475. The van der Waals surface area contributed by atoms with Crippen molar-refractivity contribution >= 4 is 29.3 Å². The number of isocyanates is 1. The van der Waals surface area contributed by atoms with Crippen molar-refractivity contribution in [3.8, 4) is 0 Å². The summed E-state index contributed by atoms with van der Waals surface area (Å²) in [5, 5.41) is 0. The third-order valence-electron chi connectivity index (χ3n) is 3.08. The van der Waals surface area contributed by atoms with Gasteiger partial charge in [0, 0.05) is 0 Å². The number of hydrogen-bond acceptors (Lipinski definition) is 4. The number of anilines is 1. The van der Waals surface area contributed by atoms with Crippen LogP contribution < -0.4 is 4.90 Å². The highest BCUT2D eigenvalue weighted by Crippen LogP contribution is 2.29. The van der Waals surface area contributed by atoms with Crippen LogP contribution in [-0.4, -0.2) is 17.9 Å². The lowest BCUT2D eigenvalue weighted by molar-refractivity contribution is 0.0926. The van der Waals surface area contributed by atoms with Crippen LogP contribution in [0.5, 0.6) is 0 Å². The molecule has 0 saturated carbocycles. The number of hydrogen-bond donors (Lipinski definition) is 0. The highest BCUT2D eigenvalue weighted by Gasteiger charge is 2.36. The Kier molecular flexibility index (Phi) is 2.75. The minimum absolute atomic E-state index is 0.350. The van der Waals surface area contributed by atoms with Gasteiger partial charge in [-0.05, 0) is 36.4 Å². The van der Waals surface area contributed by atoms with Crippen molar-refractivity contribution in [2.24, 2.45) is 4.99 Å². The Bertz CT molecular complexity index is 724. The van der Waals surface area contributed by atoms with E-state index in [0.717, 1.165) is 4.90 Å². The van der Waals surface area contributed by atoms with Crippen molar-refractivity contribution in [3.63, 3.8) is 0 Å². The van der Waals surface area contributed by atoms with Crippen molar-refractivity contribution in [2.75, 3.05) is 4.90 Å². The minimum Gasteiger partial charge on any atom is -0.268 e. The first-order valence-corrected chi connectivity index (χ1v) is 5.88. The van der Waals surface area contributed by atoms with E-state index < -0.39 is 0 Å². The zero-order valence-electron chi connectivity index (χ0n) is 10.2. The molecule has 0 bridgehead atoms. The standard InChI is InChI=1S/C15H8N2O3/c18-9-16-10-5-7-11(8-6-10)17-14(19)12-3-1-2-4-13(12)15(17)20/h1-8H. The Labute approximate surface area is 114 Å². The molecule has 0 aliphatic carbocycles. The molecule has 5 nitrogen and oxygen atoms in total. The summed E-state index contributed by atoms with van der Waals surface area (Å²) in [5.41, 5.74) is 1.65. The summed E-state index contributed by atoms with van der Waals surface area (Å²) in [6.45, 7) is 0. The number of amides is 2. The predicted octanol–water partition coefficient (Wildman–Crippen LogP) is 2.45. The summed E-state index contributed by atoms with van der Waals surface area (Å²) in [6.07, 6.45) is 1.43. The summed E-state index contributed by atoms with van der Waals surface area (Å²) in [5.74, 6) is -0.700. The Hall–Kier alpha value is -3.04. The summed E-state index contributed by atoms with van der Waals surface area (Å²) in [6, 6.07) is 12.9. The predicted molar refractivity (Wildman–Crippen MR) is 71.8 cm³/mol. The average molecular weight is 264 g/mol. The molecule has 0 N–H and O–H groups in total. The molecule has 5 heteroatoms. The lowest BCUT2D eigenvalue weighted by atomic mass is 10.1. The van der Waals surface area contributed by atoms with Crippen LogP contribution in [0.2, 0.25) is 0 Å². The molecule has 0 radical (unpaired) electrons. The molecule has 2 amide bonds. The Morgan fingerprint density at radius 1 is 0.850 bits per heavy atom. The summed E-state index contributed by atoms with van der Waals surface area (Å²) in [4.78, 5) is 39.2. The molecule has 20 heavy (non-hydrogen) atoms. The van der Waals surface area contributed by atoms with Gasteiger partial charge in [0.05, 0.1) is 22.5 Å². The van der Waals surface area contributed by atoms with Crippen LogP contribution >= 0.6 is 0 Å². The van der Waals surface area contributed by atoms with Gasteiger partial charge in [0.1, 0.15) is 0 Å². The third-order valence-corrected chi connectivity index (χ3v) is 3.08. The van der Waals surface area contributed by atoms with Gasteiger partial charge in [-0.15, -0.1) is 0 Å². The van der Waals surface area contributed by atoms with Crippen LogP contribution in [-0.2, 0) is 4.79 Å². The van der Waals surface area contributed by atoms with Gasteiger partial charge in [0.25, 0.3) is 11.8 Å². The number of imide groups is 1. The maximum atomic E-state index is 12.2. The second-order valence-corrected chi connectivity index (χ2v) is 4.21. The number of nitrogens with zero attached hydrogens (tertiary/aromatic N) is 2. The first kappa shape index (κ1) is 12.0. The third kappa shape index (κ3) is 1.74. The summed E-state index contributed by atoms with van der Waals surface area (Å²) < 4.78 is 0. The van der Waals surface area contributed by atoms with Gasteiger partial charge in [0.2, 0.25) is 6.08 Å². The van der Waals surface area contributed by atoms with Gasteiger partial charge >= 0.3 is 0 Å². The van der Waals surface area contributed by atoms with Crippen LogP contribution in [0, 0.1) is 0 Å². The van der Waals surface area contributed by atoms with E-state index in [1.807, 2.05) is 0 Å². The fraction of sp³-hybridized carbons (Fsp3) is 0. The highest BCUT2D eigenvalue weighted by atomic mass is 16.2. The van der Waals surface area contributed by atoms with E-state index in [-0.39, 0.29) is 11.8 Å². The van der Waals surface area contributed by atoms with Gasteiger partial charge in [0.15, 0.2) is 0 Å². The summed E-state index contributed by atoms with van der Waals surface area (Å²) >= 11 is 0. The van der Waals surface area contributed by atoms with Crippen molar-refractivity contribution in [2.45, 2.75) is 0 Å². The van der Waals surface area contributed by atoms with Crippen molar-refractivity contribution in [1.82, 2.24) is 0 Å². The van der Waals surface area contributed by atoms with Crippen LogP contribution in [0.4, 0.5) is 11.4 Å². The number of rotatable bonds is 2. The number of carbonyl (C=O) groups is 2. The molecule has 0 unspecified atom stereocenters. The van der Waals surface area contributed by atoms with E-state index in [4.69, 9.17) is 0 Å². The SMILES string of the molecule is O=C=Nc1ccc(N2C(=O)c3ccccc3C2=O)cc1. The Morgan fingerprint density at radius 3 is 1.90 bits per heavy atom. The van der Waals surface area contributed by atoms with Gasteiger partial charge in [-0.25, -0.2) is 9.69 Å². The second-order valence-electron chi connectivity index (χ2n) is 4.21. The second kappa shape index (κ2) is 4.57. The Morgan fingerprint density at radius 2 is 1.40 bits per heavy atom. The molecule has 0 spiro atoms. The van der Waals surface area contributed by atoms with Crippen molar-refractivity contribution in [1.29, 1.82) is 0 Å². The minimum atomic E-state index is -0.350. The molecule has 1 aliphatic heterocycles. The molecule has 2 aromatic rings. The molecule has 3 rings (SSSR count). The maximum Gasteiger partial charge on any atom is 0.266 e. The highest BCUT2D eigenvalue weighted by molar-refractivity contribution is 6.34. The number of fused-ring (bicyclic) bond motifs is 1. The molecule has 96 valence electrons. The lowest BCUT2D eigenvalue weighted by Gasteiger charge is -2.13. The lowest BCUT2D eigenvalue weighted by Crippen LogP contribution is -2.29. The molecular formula is C15H8N2O3. The normalized spacial score (nSPS) is 13.1. The van der Waals surface area contributed by atoms with Crippen molar-refractivity contribution < 1.29 is 14.4 Å². The average Bonchev–Trinajstić information content (AvgIpc) is 2.73. The van der Waals surface area contributed by atoms with E-state index in [1.54, 1.807) is 48.5 Å². The van der Waals surface area contributed by atoms with Gasteiger partial charge in [-0.1, -0.05) is 12.1 Å². The van der Waals surface area contributed by atoms with E-state index in [1.165, 1.54) is 6.08 Å². The molecule has 0 fully saturated rings. The molecule has 0 saturated heterocycles. The number of carbonyl (C=O) groups excluding carboxylic acids is 3. The van der Waals surface area contributed by atoms with E-state index >= 15 is 0 Å². The molecule has 1 heterocycles. The van der Waals surface area contributed by atoms with E-state index in [2.05, 4.69) is 4.99 Å². The maximum absolute atomic E-state index is 12.2. The summed E-state index contributed by atoms with van der Waals surface area (Å²) in [7, 11) is 0. The van der Waals surface area contributed by atoms with Crippen LogP contribution in [0.1, 0.15) is 20.7 Å². The zero-order chi connectivity index (χ0) is 14.1. The van der Waals surface area contributed by atoms with E-state index in [0.29, 0.717) is 22.5 Å². The first-order chi connectivity index (χ1) is 9.72. The van der Waals surface area contributed by atoms with Gasteiger partial charge < -0.3 is 0 Å². The smallest absolute Gasteiger partial charge is 0.266 e. The number of aliphatic imine (C=N–C) groups is 1. The van der Waals surface area contributed by atoms with Crippen LogP contribution in [0.15, 0.2) is 53.5 Å². The zero-order valence-corrected chi connectivity index (χ0v) is 10.2. The first-order valence-electron chi connectivity index (χ1n) is 5.88. The molecule has 0 atom stereocenters. The molecule has 2 aromatic carbocycles. The van der Waals surface area contributed by atoms with Crippen LogP contribution in [0.3, 0.4) is 0 Å². The topological polar surface area (TPSA) is 66.8 Å². The van der Waals surface area contributed by atoms with Gasteiger partial charge in [-0.2, -0.15) is 4.99 Å². The molecule has 0 aromatic heterocycles. The van der Waals surface area contributed by atoms with Crippen LogP contribution in [0.25, 0.3) is 0 Å². The number of benzene rings is 2. The Balaban J connectivity index is 2.02. The molecule has 1 aliphatic rings. The van der Waals surface area contributed by atoms with E-state index in [9.17, 15) is 14.4 Å². The molecular weight excluding hydrogens is 256 g/mol. The van der Waals surface area contributed by atoms with Gasteiger partial charge in [-0.3, -0.25) is 9.59 Å².